The Morgan fingerprint density at radius 2 is 1.96 bits per heavy atom. The van der Waals surface area contributed by atoms with E-state index in [0.717, 1.165) is 22.5 Å². The second-order valence-corrected chi connectivity index (χ2v) is 9.18. The second-order valence-electron chi connectivity index (χ2n) is 6.84. The topological polar surface area (TPSA) is 75.7 Å². The Morgan fingerprint density at radius 3 is 2.57 bits per heavy atom. The average Bonchev–Trinajstić information content (AvgIpc) is 2.66. The minimum absolute atomic E-state index is 0.112. The van der Waals surface area contributed by atoms with E-state index in [0.29, 0.717) is 16.5 Å². The fourth-order valence-electron chi connectivity index (χ4n) is 3.11. The zero-order chi connectivity index (χ0) is 20.5. The van der Waals surface area contributed by atoms with Crippen LogP contribution in [0, 0.1) is 0 Å². The summed E-state index contributed by atoms with van der Waals surface area (Å²) in [6, 6.07) is 12.5. The Hall–Kier alpha value is -2.25. The molecule has 2 aromatic rings. The van der Waals surface area contributed by atoms with Crippen LogP contribution in [-0.2, 0) is 21.2 Å². The molecule has 2 aromatic carbocycles. The highest BCUT2D eigenvalue weighted by atomic mass is 35.5. The Morgan fingerprint density at radius 1 is 1.29 bits per heavy atom. The van der Waals surface area contributed by atoms with E-state index in [1.54, 1.807) is 12.1 Å². The summed E-state index contributed by atoms with van der Waals surface area (Å²) >= 11 is 5.99. The molecule has 2 atom stereocenters. The maximum absolute atomic E-state index is 12.8. The molecule has 3 rings (SSSR count). The Bertz CT molecular complexity index is 976. The van der Waals surface area contributed by atoms with Gasteiger partial charge in [-0.3, -0.25) is 9.10 Å². The number of amides is 1. The van der Waals surface area contributed by atoms with E-state index in [4.69, 9.17) is 16.3 Å². The van der Waals surface area contributed by atoms with Crippen molar-refractivity contribution in [3.8, 4) is 5.75 Å². The maximum Gasteiger partial charge on any atom is 0.263 e. The number of ether oxygens (including phenoxy) is 1. The monoisotopic (exact) mass is 422 g/mol. The molecule has 0 aromatic heterocycles. The van der Waals surface area contributed by atoms with Gasteiger partial charge in [0.1, 0.15) is 5.75 Å². The molecule has 6 nitrogen and oxygen atoms in total. The molecule has 0 saturated heterocycles. The summed E-state index contributed by atoms with van der Waals surface area (Å²) < 4.78 is 31.4. The number of sulfonamides is 1. The molecule has 28 heavy (non-hydrogen) atoms. The average molecular weight is 423 g/mol. The standard InChI is InChI=1S/C20H23ClN2O4S/c1-4-14-5-7-15(8-6-14)13(2)22-20(24)19-12-23(28(3,25)26)17-11-16(21)9-10-18(17)27-19/h5-11,13,19H,4,12H2,1-3H3,(H,22,24). The number of anilines is 1. The smallest absolute Gasteiger partial charge is 0.263 e. The number of benzene rings is 2. The van der Waals surface area contributed by atoms with Gasteiger partial charge in [0.15, 0.2) is 6.10 Å². The molecule has 150 valence electrons. The van der Waals surface area contributed by atoms with Crippen LogP contribution in [0.1, 0.15) is 31.0 Å². The fourth-order valence-corrected chi connectivity index (χ4v) is 4.18. The van der Waals surface area contributed by atoms with E-state index in [9.17, 15) is 13.2 Å². The maximum atomic E-state index is 12.8. The summed E-state index contributed by atoms with van der Waals surface area (Å²) in [6.07, 6.45) is 1.08. The fraction of sp³-hybridized carbons (Fsp3) is 0.350. The predicted octanol–water partition coefficient (Wildman–Crippen LogP) is 3.31. The van der Waals surface area contributed by atoms with Crippen LogP contribution in [-0.4, -0.2) is 33.2 Å². The molecule has 0 fully saturated rings. The second kappa shape index (κ2) is 8.01. The first-order valence-electron chi connectivity index (χ1n) is 9.02. The van der Waals surface area contributed by atoms with Crippen LogP contribution in [0.3, 0.4) is 0 Å². The zero-order valence-electron chi connectivity index (χ0n) is 16.0. The van der Waals surface area contributed by atoms with Gasteiger partial charge in [0.05, 0.1) is 24.5 Å². The lowest BCUT2D eigenvalue weighted by Gasteiger charge is -2.34. The molecule has 0 spiro atoms. The number of aryl methyl sites for hydroxylation is 1. The van der Waals surface area contributed by atoms with Crippen LogP contribution in [0.25, 0.3) is 0 Å². The molecule has 1 amide bonds. The molecule has 0 aliphatic carbocycles. The summed E-state index contributed by atoms with van der Waals surface area (Å²) in [5.74, 6) is -0.0671. The number of carbonyl (C=O) groups excluding carboxylic acids is 1. The normalized spacial score (nSPS) is 17.4. The van der Waals surface area contributed by atoms with Crippen LogP contribution in [0.2, 0.25) is 5.02 Å². The van der Waals surface area contributed by atoms with E-state index in [-0.39, 0.29) is 18.5 Å². The Kier molecular flexibility index (Phi) is 5.86. The van der Waals surface area contributed by atoms with E-state index in [2.05, 4.69) is 12.2 Å². The molecule has 1 aliphatic heterocycles. The summed E-state index contributed by atoms with van der Waals surface area (Å²) in [4.78, 5) is 12.8. The van der Waals surface area contributed by atoms with Crippen molar-refractivity contribution in [2.24, 2.45) is 0 Å². The van der Waals surface area contributed by atoms with Gasteiger partial charge >= 0.3 is 0 Å². The van der Waals surface area contributed by atoms with Crippen molar-refractivity contribution in [1.82, 2.24) is 5.32 Å². The van der Waals surface area contributed by atoms with Crippen LogP contribution >= 0.6 is 11.6 Å². The lowest BCUT2D eigenvalue weighted by Crippen LogP contribution is -2.50. The first kappa shape index (κ1) is 20.5. The Balaban J connectivity index is 1.79. The molecule has 0 saturated carbocycles. The summed E-state index contributed by atoms with van der Waals surface area (Å²) in [5.41, 5.74) is 2.52. The van der Waals surface area contributed by atoms with E-state index in [1.807, 2.05) is 31.2 Å². The van der Waals surface area contributed by atoms with Crippen molar-refractivity contribution in [1.29, 1.82) is 0 Å². The molecule has 0 radical (unpaired) electrons. The van der Waals surface area contributed by atoms with Gasteiger partial charge in [-0.15, -0.1) is 0 Å². The van der Waals surface area contributed by atoms with Crippen molar-refractivity contribution in [2.75, 3.05) is 17.1 Å². The summed E-state index contributed by atoms with van der Waals surface area (Å²) in [6.45, 7) is 3.85. The highest BCUT2D eigenvalue weighted by Gasteiger charge is 2.35. The third-order valence-electron chi connectivity index (χ3n) is 4.73. The number of nitrogens with one attached hydrogen (secondary N) is 1. The quantitative estimate of drug-likeness (QED) is 0.802. The summed E-state index contributed by atoms with van der Waals surface area (Å²) in [7, 11) is -3.60. The number of hydrogen-bond acceptors (Lipinski definition) is 4. The van der Waals surface area contributed by atoms with Crippen LogP contribution in [0.15, 0.2) is 42.5 Å². The van der Waals surface area contributed by atoms with Crippen molar-refractivity contribution >= 4 is 33.2 Å². The molecule has 1 aliphatic rings. The van der Waals surface area contributed by atoms with Crippen molar-refractivity contribution < 1.29 is 17.9 Å². The van der Waals surface area contributed by atoms with Crippen molar-refractivity contribution in [2.45, 2.75) is 32.4 Å². The Labute approximate surface area is 170 Å². The van der Waals surface area contributed by atoms with Crippen LogP contribution < -0.4 is 14.4 Å². The first-order valence-corrected chi connectivity index (χ1v) is 11.2. The third kappa shape index (κ3) is 4.42. The first-order chi connectivity index (χ1) is 13.2. The molecule has 2 unspecified atom stereocenters. The van der Waals surface area contributed by atoms with E-state index in [1.165, 1.54) is 11.6 Å². The van der Waals surface area contributed by atoms with Gasteiger partial charge in [0.25, 0.3) is 5.91 Å². The van der Waals surface area contributed by atoms with E-state index >= 15 is 0 Å². The highest BCUT2D eigenvalue weighted by molar-refractivity contribution is 7.92. The number of nitrogens with zero attached hydrogens (tertiary/aromatic N) is 1. The highest BCUT2D eigenvalue weighted by Crippen LogP contribution is 2.37. The zero-order valence-corrected chi connectivity index (χ0v) is 17.5. The predicted molar refractivity (Wildman–Crippen MR) is 110 cm³/mol. The number of carbonyl (C=O) groups is 1. The van der Waals surface area contributed by atoms with Gasteiger partial charge in [-0.1, -0.05) is 42.8 Å². The molecule has 1 N–H and O–H groups in total. The van der Waals surface area contributed by atoms with Gasteiger partial charge < -0.3 is 10.1 Å². The number of fused-ring (bicyclic) bond motifs is 1. The van der Waals surface area contributed by atoms with Gasteiger partial charge in [-0.05, 0) is 42.7 Å². The van der Waals surface area contributed by atoms with Crippen molar-refractivity contribution in [3.63, 3.8) is 0 Å². The minimum Gasteiger partial charge on any atom is -0.476 e. The summed E-state index contributed by atoms with van der Waals surface area (Å²) in [5, 5.41) is 3.30. The molecule has 0 bridgehead atoms. The van der Waals surface area contributed by atoms with E-state index < -0.39 is 16.1 Å². The minimum atomic E-state index is -3.60. The van der Waals surface area contributed by atoms with Gasteiger partial charge in [0, 0.05) is 5.02 Å². The van der Waals surface area contributed by atoms with Gasteiger partial charge in [-0.2, -0.15) is 0 Å². The number of halogens is 1. The molecule has 8 heteroatoms. The third-order valence-corrected chi connectivity index (χ3v) is 6.11. The SMILES string of the molecule is CCc1ccc(C(C)NC(=O)C2CN(S(C)(=O)=O)c3cc(Cl)ccc3O2)cc1. The van der Waals surface area contributed by atoms with Crippen LogP contribution in [0.5, 0.6) is 5.75 Å². The van der Waals surface area contributed by atoms with Crippen molar-refractivity contribution in [3.05, 3.63) is 58.6 Å². The van der Waals surface area contributed by atoms with Gasteiger partial charge in [0.2, 0.25) is 10.0 Å². The molecule has 1 heterocycles. The molecular weight excluding hydrogens is 400 g/mol. The number of rotatable bonds is 5. The largest absolute Gasteiger partial charge is 0.476 e. The molecular formula is C20H23ClN2O4S. The lowest BCUT2D eigenvalue weighted by atomic mass is 10.0. The van der Waals surface area contributed by atoms with Crippen LogP contribution in [0.4, 0.5) is 5.69 Å². The lowest BCUT2D eigenvalue weighted by molar-refractivity contribution is -0.128. The number of hydrogen-bond donors (Lipinski definition) is 1. The van der Waals surface area contributed by atoms with Gasteiger partial charge in [-0.25, -0.2) is 8.42 Å².